The highest BCUT2D eigenvalue weighted by Crippen LogP contribution is 2.38. The number of rotatable bonds is 1. The average Bonchev–Trinajstić information content (AvgIpc) is 2.99. The second kappa shape index (κ2) is 7.75. The topological polar surface area (TPSA) is 18.5 Å². The third-order valence-electron chi connectivity index (χ3n) is 8.36. The maximum atomic E-state index is 6.55. The summed E-state index contributed by atoms with van der Waals surface area (Å²) in [6, 6.07) is 45.5. The minimum Gasteiger partial charge on any atom is -0.458 e. The van der Waals surface area contributed by atoms with E-state index in [0.29, 0.717) is 0 Å². The molecular formula is C36H21BO2. The molecule has 180 valence electrons. The fourth-order valence-corrected chi connectivity index (χ4v) is 6.57. The predicted octanol–water partition coefficient (Wildman–Crippen LogP) is 7.54. The zero-order chi connectivity index (χ0) is 25.5. The molecule has 0 radical (unpaired) electrons. The number of ether oxygens (including phenoxy) is 2. The monoisotopic (exact) mass is 496 g/mol. The minimum absolute atomic E-state index is 0.0868. The number of para-hydroxylation sites is 1. The summed E-state index contributed by atoms with van der Waals surface area (Å²) >= 11 is 0. The first-order valence-electron chi connectivity index (χ1n) is 13.4. The second-order valence-corrected chi connectivity index (χ2v) is 10.5. The molecule has 0 unspecified atom stereocenters. The summed E-state index contributed by atoms with van der Waals surface area (Å²) in [7, 11) is 0. The normalized spacial score (nSPS) is 13.0. The van der Waals surface area contributed by atoms with Gasteiger partial charge in [0.25, 0.3) is 6.71 Å². The number of hydrogen-bond acceptors (Lipinski definition) is 2. The van der Waals surface area contributed by atoms with E-state index in [0.717, 1.165) is 34.0 Å². The van der Waals surface area contributed by atoms with Gasteiger partial charge < -0.3 is 9.47 Å². The summed E-state index contributed by atoms with van der Waals surface area (Å²) < 4.78 is 12.8. The third-order valence-corrected chi connectivity index (χ3v) is 8.36. The smallest absolute Gasteiger partial charge is 0.260 e. The lowest BCUT2D eigenvalue weighted by Crippen LogP contribution is -2.57. The van der Waals surface area contributed by atoms with Gasteiger partial charge in [-0.25, -0.2) is 0 Å². The van der Waals surface area contributed by atoms with E-state index in [1.165, 1.54) is 48.8 Å². The van der Waals surface area contributed by atoms with Crippen molar-refractivity contribution in [2.45, 2.75) is 0 Å². The van der Waals surface area contributed by atoms with Crippen LogP contribution in [-0.2, 0) is 0 Å². The van der Waals surface area contributed by atoms with Crippen molar-refractivity contribution in [3.05, 3.63) is 127 Å². The summed E-state index contributed by atoms with van der Waals surface area (Å²) in [5, 5.41) is 7.59. The molecule has 0 N–H and O–H groups in total. The average molecular weight is 496 g/mol. The molecule has 0 saturated heterocycles. The number of hydrogen-bond donors (Lipinski definition) is 0. The van der Waals surface area contributed by atoms with Gasteiger partial charge in [-0.2, -0.15) is 0 Å². The van der Waals surface area contributed by atoms with E-state index >= 15 is 0 Å². The SMILES string of the molecule is c1ccc2c(c1)Oc1cccc3c1B2c1ccc(-c2cccc4cc5c(ccc6ccccc65)cc24)cc1O3. The van der Waals surface area contributed by atoms with Crippen LogP contribution < -0.4 is 25.9 Å². The van der Waals surface area contributed by atoms with Gasteiger partial charge >= 0.3 is 0 Å². The third kappa shape index (κ3) is 2.99. The van der Waals surface area contributed by atoms with Crippen molar-refractivity contribution < 1.29 is 9.47 Å². The van der Waals surface area contributed by atoms with Crippen LogP contribution in [0.25, 0.3) is 43.4 Å². The van der Waals surface area contributed by atoms with Gasteiger partial charge in [0, 0.05) is 5.46 Å². The van der Waals surface area contributed by atoms with Crippen LogP contribution in [-0.4, -0.2) is 6.71 Å². The molecule has 0 fully saturated rings. The first-order chi connectivity index (χ1) is 19.3. The van der Waals surface area contributed by atoms with Crippen LogP contribution in [0.1, 0.15) is 0 Å². The van der Waals surface area contributed by atoms with E-state index in [1.54, 1.807) is 0 Å². The Labute approximate surface area is 226 Å². The molecule has 7 aromatic carbocycles. The molecule has 0 bridgehead atoms. The van der Waals surface area contributed by atoms with Crippen LogP contribution in [0.5, 0.6) is 23.0 Å². The Hall–Kier alpha value is -5.02. The highest BCUT2D eigenvalue weighted by Gasteiger charge is 2.39. The fraction of sp³-hybridized carbons (Fsp3) is 0. The molecule has 39 heavy (non-hydrogen) atoms. The summed E-state index contributed by atoms with van der Waals surface area (Å²) in [5.74, 6) is 3.56. The van der Waals surface area contributed by atoms with Gasteiger partial charge in [-0.15, -0.1) is 0 Å². The van der Waals surface area contributed by atoms with Gasteiger partial charge in [-0.05, 0) is 90.8 Å². The largest absolute Gasteiger partial charge is 0.458 e. The lowest BCUT2D eigenvalue weighted by atomic mass is 9.35. The maximum Gasteiger partial charge on any atom is 0.260 e. The molecule has 2 aliphatic heterocycles. The maximum absolute atomic E-state index is 6.55. The van der Waals surface area contributed by atoms with Crippen LogP contribution in [0, 0.1) is 0 Å². The standard InChI is InChI=1S/C36H21BO2/c1-2-9-26-22(7-1)15-16-24-20-28-23(19-29(24)26)8-5-10-27(28)25-17-18-31-35(21-25)39-34-14-6-13-33-36(34)37(31)30-11-3-4-12-32(30)38-33/h1-21H. The summed E-state index contributed by atoms with van der Waals surface area (Å²) in [6.07, 6.45) is 0. The van der Waals surface area contributed by atoms with Crippen LogP contribution in [0.15, 0.2) is 127 Å². The first kappa shape index (κ1) is 21.0. The van der Waals surface area contributed by atoms with Gasteiger partial charge in [0.05, 0.1) is 0 Å². The van der Waals surface area contributed by atoms with Crippen LogP contribution in [0.2, 0.25) is 0 Å². The summed E-state index contributed by atoms with van der Waals surface area (Å²) in [5.41, 5.74) is 5.82. The first-order valence-corrected chi connectivity index (χ1v) is 13.4. The Morgan fingerprint density at radius 2 is 1.08 bits per heavy atom. The van der Waals surface area contributed by atoms with Gasteiger partial charge in [-0.1, -0.05) is 91.0 Å². The van der Waals surface area contributed by atoms with Crippen LogP contribution in [0.4, 0.5) is 0 Å². The van der Waals surface area contributed by atoms with Crippen molar-refractivity contribution >= 4 is 55.4 Å². The molecule has 9 rings (SSSR count). The minimum atomic E-state index is 0.0868. The molecule has 0 spiro atoms. The molecule has 3 heteroatoms. The quantitative estimate of drug-likeness (QED) is 0.133. The van der Waals surface area contributed by atoms with Gasteiger partial charge in [0.15, 0.2) is 0 Å². The lowest BCUT2D eigenvalue weighted by molar-refractivity contribution is 0.464. The van der Waals surface area contributed by atoms with E-state index in [9.17, 15) is 0 Å². The highest BCUT2D eigenvalue weighted by molar-refractivity contribution is 6.98. The molecule has 2 aliphatic rings. The van der Waals surface area contributed by atoms with Crippen molar-refractivity contribution in [3.8, 4) is 34.1 Å². The lowest BCUT2D eigenvalue weighted by Gasteiger charge is -2.32. The molecule has 0 aliphatic carbocycles. The molecule has 7 aromatic rings. The van der Waals surface area contributed by atoms with Gasteiger partial charge in [0.1, 0.15) is 23.0 Å². The van der Waals surface area contributed by atoms with Crippen molar-refractivity contribution in [3.63, 3.8) is 0 Å². The van der Waals surface area contributed by atoms with E-state index in [4.69, 9.17) is 9.47 Å². The Balaban J connectivity index is 1.24. The van der Waals surface area contributed by atoms with Gasteiger partial charge in [0.2, 0.25) is 0 Å². The molecule has 0 aromatic heterocycles. The highest BCUT2D eigenvalue weighted by atomic mass is 16.5. The summed E-state index contributed by atoms with van der Waals surface area (Å²) in [6.45, 7) is 0.0868. The number of benzene rings is 7. The Bertz CT molecular complexity index is 2150. The molecule has 0 atom stereocenters. The molecule has 2 nitrogen and oxygen atoms in total. The Kier molecular flexibility index (Phi) is 4.17. The van der Waals surface area contributed by atoms with Crippen molar-refractivity contribution in [1.82, 2.24) is 0 Å². The predicted molar refractivity (Wildman–Crippen MR) is 162 cm³/mol. The second-order valence-electron chi connectivity index (χ2n) is 10.5. The van der Waals surface area contributed by atoms with Gasteiger partial charge in [-0.3, -0.25) is 0 Å². The van der Waals surface area contributed by atoms with E-state index in [-0.39, 0.29) is 6.71 Å². The van der Waals surface area contributed by atoms with Crippen LogP contribution in [0.3, 0.4) is 0 Å². The zero-order valence-corrected chi connectivity index (χ0v) is 21.0. The summed E-state index contributed by atoms with van der Waals surface area (Å²) in [4.78, 5) is 0. The molecule has 2 heterocycles. The van der Waals surface area contributed by atoms with E-state index < -0.39 is 0 Å². The van der Waals surface area contributed by atoms with E-state index in [1.807, 2.05) is 24.3 Å². The Morgan fingerprint density at radius 1 is 0.410 bits per heavy atom. The van der Waals surface area contributed by atoms with Crippen molar-refractivity contribution in [2.75, 3.05) is 0 Å². The number of fused-ring (bicyclic) bond motifs is 8. The molecule has 0 amide bonds. The zero-order valence-electron chi connectivity index (χ0n) is 21.0. The van der Waals surface area contributed by atoms with Crippen molar-refractivity contribution in [2.24, 2.45) is 0 Å². The Morgan fingerprint density at radius 3 is 2.03 bits per heavy atom. The van der Waals surface area contributed by atoms with E-state index in [2.05, 4.69) is 103 Å². The van der Waals surface area contributed by atoms with Crippen LogP contribution >= 0.6 is 0 Å². The van der Waals surface area contributed by atoms with Crippen molar-refractivity contribution in [1.29, 1.82) is 0 Å². The molecule has 0 saturated carbocycles. The molecular weight excluding hydrogens is 475 g/mol. The fourth-order valence-electron chi connectivity index (χ4n) is 6.57.